The van der Waals surface area contributed by atoms with E-state index in [1.807, 2.05) is 18.2 Å². The average molecular weight is 442 g/mol. The molecule has 0 fully saturated rings. The summed E-state index contributed by atoms with van der Waals surface area (Å²) in [5, 5.41) is 9.16. The van der Waals surface area contributed by atoms with Crippen LogP contribution in [-0.2, 0) is 6.42 Å². The third kappa shape index (κ3) is 7.03. The van der Waals surface area contributed by atoms with E-state index in [4.69, 9.17) is 4.42 Å². The van der Waals surface area contributed by atoms with Crippen LogP contribution < -0.4 is 16.0 Å². The van der Waals surface area contributed by atoms with Crippen LogP contribution in [-0.4, -0.2) is 38.5 Å². The van der Waals surface area contributed by atoms with E-state index in [0.717, 1.165) is 13.0 Å². The van der Waals surface area contributed by atoms with E-state index in [-0.39, 0.29) is 29.9 Å². The van der Waals surface area contributed by atoms with Gasteiger partial charge in [-0.25, -0.2) is 0 Å². The van der Waals surface area contributed by atoms with Crippen molar-refractivity contribution in [2.24, 2.45) is 4.99 Å². The number of amides is 1. The van der Waals surface area contributed by atoms with Gasteiger partial charge in [0.15, 0.2) is 11.7 Å². The van der Waals surface area contributed by atoms with Crippen molar-refractivity contribution in [3.8, 4) is 0 Å². The maximum Gasteiger partial charge on any atom is 0.287 e. The molecule has 0 radical (unpaired) electrons. The zero-order valence-corrected chi connectivity index (χ0v) is 15.9. The Labute approximate surface area is 159 Å². The van der Waals surface area contributed by atoms with Crippen molar-refractivity contribution >= 4 is 35.8 Å². The van der Waals surface area contributed by atoms with Gasteiger partial charge in [0, 0.05) is 26.7 Å². The highest BCUT2D eigenvalue weighted by molar-refractivity contribution is 14.0. The Morgan fingerprint density at radius 3 is 2.38 bits per heavy atom. The molecule has 0 spiro atoms. The SMILES string of the molecule is CN=C(NCCNC(=O)c1ccco1)NCCc1ccccc1.I. The third-order valence-corrected chi connectivity index (χ3v) is 3.22. The van der Waals surface area contributed by atoms with Gasteiger partial charge in [0.2, 0.25) is 0 Å². The van der Waals surface area contributed by atoms with Gasteiger partial charge in [-0.05, 0) is 24.1 Å². The second kappa shape index (κ2) is 11.5. The molecule has 1 amide bonds. The lowest BCUT2D eigenvalue weighted by Crippen LogP contribution is -2.42. The summed E-state index contributed by atoms with van der Waals surface area (Å²) in [5.41, 5.74) is 1.28. The van der Waals surface area contributed by atoms with Gasteiger partial charge in [0.1, 0.15) is 0 Å². The molecule has 2 aromatic rings. The molecule has 7 heteroatoms. The molecule has 130 valence electrons. The highest BCUT2D eigenvalue weighted by Gasteiger charge is 2.06. The predicted octanol–water partition coefficient (Wildman–Crippen LogP) is 2.04. The van der Waals surface area contributed by atoms with Crippen LogP contribution in [0.15, 0.2) is 58.1 Å². The zero-order chi connectivity index (χ0) is 16.3. The summed E-state index contributed by atoms with van der Waals surface area (Å²) in [5.74, 6) is 0.812. The van der Waals surface area contributed by atoms with Crippen molar-refractivity contribution in [1.29, 1.82) is 0 Å². The first-order valence-electron chi connectivity index (χ1n) is 7.60. The lowest BCUT2D eigenvalue weighted by atomic mass is 10.1. The molecule has 0 saturated carbocycles. The number of aliphatic imine (C=N–C) groups is 1. The molecule has 2 rings (SSSR count). The molecule has 3 N–H and O–H groups in total. The maximum atomic E-state index is 11.7. The quantitative estimate of drug-likeness (QED) is 0.266. The molecular weight excluding hydrogens is 419 g/mol. The van der Waals surface area contributed by atoms with Crippen molar-refractivity contribution in [3.05, 3.63) is 60.1 Å². The highest BCUT2D eigenvalue weighted by Crippen LogP contribution is 1.99. The summed E-state index contributed by atoms with van der Waals surface area (Å²) in [4.78, 5) is 15.8. The number of hydrogen-bond donors (Lipinski definition) is 3. The normalized spacial score (nSPS) is 10.6. The largest absolute Gasteiger partial charge is 0.459 e. The monoisotopic (exact) mass is 442 g/mol. The number of guanidine groups is 1. The summed E-state index contributed by atoms with van der Waals surface area (Å²) in [6.07, 6.45) is 2.41. The second-order valence-electron chi connectivity index (χ2n) is 4.89. The van der Waals surface area contributed by atoms with Crippen LogP contribution in [0, 0.1) is 0 Å². The summed E-state index contributed by atoms with van der Waals surface area (Å²) in [6, 6.07) is 13.6. The summed E-state index contributed by atoms with van der Waals surface area (Å²) in [6.45, 7) is 1.86. The van der Waals surface area contributed by atoms with Crippen LogP contribution in [0.2, 0.25) is 0 Å². The van der Waals surface area contributed by atoms with Gasteiger partial charge < -0.3 is 20.4 Å². The van der Waals surface area contributed by atoms with Crippen LogP contribution in [0.5, 0.6) is 0 Å². The summed E-state index contributed by atoms with van der Waals surface area (Å²) in [7, 11) is 1.72. The van der Waals surface area contributed by atoms with E-state index in [1.165, 1.54) is 11.8 Å². The number of nitrogens with one attached hydrogen (secondary N) is 3. The van der Waals surface area contributed by atoms with Crippen molar-refractivity contribution < 1.29 is 9.21 Å². The van der Waals surface area contributed by atoms with E-state index < -0.39 is 0 Å². The van der Waals surface area contributed by atoms with E-state index in [0.29, 0.717) is 24.8 Å². The molecule has 0 bridgehead atoms. The van der Waals surface area contributed by atoms with Crippen LogP contribution in [0.3, 0.4) is 0 Å². The first-order chi connectivity index (χ1) is 11.3. The van der Waals surface area contributed by atoms with E-state index in [2.05, 4.69) is 33.1 Å². The van der Waals surface area contributed by atoms with Gasteiger partial charge >= 0.3 is 0 Å². The van der Waals surface area contributed by atoms with Crippen LogP contribution in [0.1, 0.15) is 16.1 Å². The fraction of sp³-hybridized carbons (Fsp3) is 0.294. The predicted molar refractivity (Wildman–Crippen MR) is 106 cm³/mol. The van der Waals surface area contributed by atoms with Crippen LogP contribution in [0.25, 0.3) is 0 Å². The Balaban J connectivity index is 0.00000288. The summed E-state index contributed by atoms with van der Waals surface area (Å²) < 4.78 is 5.02. The van der Waals surface area contributed by atoms with Crippen molar-refractivity contribution in [3.63, 3.8) is 0 Å². The minimum atomic E-state index is -0.219. The number of benzene rings is 1. The number of carbonyl (C=O) groups excluding carboxylic acids is 1. The minimum absolute atomic E-state index is 0. The molecule has 0 aliphatic rings. The lowest BCUT2D eigenvalue weighted by Gasteiger charge is -2.12. The molecule has 1 heterocycles. The maximum absolute atomic E-state index is 11.7. The van der Waals surface area contributed by atoms with Crippen molar-refractivity contribution in [2.75, 3.05) is 26.7 Å². The van der Waals surface area contributed by atoms with Crippen molar-refractivity contribution in [2.45, 2.75) is 6.42 Å². The molecular formula is C17H23IN4O2. The smallest absolute Gasteiger partial charge is 0.287 e. The number of halogens is 1. The van der Waals surface area contributed by atoms with Crippen molar-refractivity contribution in [1.82, 2.24) is 16.0 Å². The number of hydrogen-bond acceptors (Lipinski definition) is 3. The summed E-state index contributed by atoms with van der Waals surface area (Å²) >= 11 is 0. The van der Waals surface area contributed by atoms with Gasteiger partial charge in [-0.3, -0.25) is 9.79 Å². The topological polar surface area (TPSA) is 78.7 Å². The zero-order valence-electron chi connectivity index (χ0n) is 13.6. The Bertz CT molecular complexity index is 615. The van der Waals surface area contributed by atoms with Crippen LogP contribution in [0.4, 0.5) is 0 Å². The average Bonchev–Trinajstić information content (AvgIpc) is 3.12. The van der Waals surface area contributed by atoms with E-state index in [9.17, 15) is 4.79 Å². The first kappa shape index (κ1) is 20.0. The molecule has 0 unspecified atom stereocenters. The number of carbonyl (C=O) groups is 1. The fourth-order valence-electron chi connectivity index (χ4n) is 2.04. The van der Waals surface area contributed by atoms with Gasteiger partial charge in [0.05, 0.1) is 6.26 Å². The van der Waals surface area contributed by atoms with Gasteiger partial charge in [-0.15, -0.1) is 24.0 Å². The van der Waals surface area contributed by atoms with E-state index >= 15 is 0 Å². The molecule has 24 heavy (non-hydrogen) atoms. The Kier molecular flexibility index (Phi) is 9.59. The second-order valence-corrected chi connectivity index (χ2v) is 4.89. The molecule has 0 atom stereocenters. The Hall–Kier alpha value is -2.03. The lowest BCUT2D eigenvalue weighted by molar-refractivity contribution is 0.0926. The Morgan fingerprint density at radius 1 is 1.00 bits per heavy atom. The molecule has 0 aliphatic heterocycles. The molecule has 1 aromatic carbocycles. The standard InChI is InChI=1S/C17H22N4O2.HI/c1-18-17(20-10-9-14-6-3-2-4-7-14)21-12-11-19-16(22)15-8-5-13-23-15;/h2-8,13H,9-12H2,1H3,(H,19,22)(H2,18,20,21);1H. The molecule has 0 saturated heterocycles. The number of rotatable bonds is 7. The third-order valence-electron chi connectivity index (χ3n) is 3.22. The van der Waals surface area contributed by atoms with E-state index in [1.54, 1.807) is 19.2 Å². The number of nitrogens with zero attached hydrogens (tertiary/aromatic N) is 1. The molecule has 6 nitrogen and oxygen atoms in total. The first-order valence-corrected chi connectivity index (χ1v) is 7.60. The van der Waals surface area contributed by atoms with Gasteiger partial charge in [-0.1, -0.05) is 30.3 Å². The number of furan rings is 1. The minimum Gasteiger partial charge on any atom is -0.459 e. The van der Waals surface area contributed by atoms with Crippen LogP contribution >= 0.6 is 24.0 Å². The highest BCUT2D eigenvalue weighted by atomic mass is 127. The molecule has 0 aliphatic carbocycles. The Morgan fingerprint density at radius 2 is 1.71 bits per heavy atom. The fourth-order valence-corrected chi connectivity index (χ4v) is 2.04. The van der Waals surface area contributed by atoms with Gasteiger partial charge in [-0.2, -0.15) is 0 Å². The van der Waals surface area contributed by atoms with Gasteiger partial charge in [0.25, 0.3) is 5.91 Å². The molecule has 1 aromatic heterocycles.